The van der Waals surface area contributed by atoms with Gasteiger partial charge in [-0.15, -0.1) is 0 Å². The normalized spacial score (nSPS) is 12.2. The van der Waals surface area contributed by atoms with Crippen LogP contribution in [-0.4, -0.2) is 25.1 Å². The number of benzene rings is 1. The van der Waals surface area contributed by atoms with Crippen LogP contribution in [0, 0.1) is 0 Å². The molecule has 3 aromatic rings. The maximum Gasteiger partial charge on any atom is 0.330 e. The van der Waals surface area contributed by atoms with Crippen LogP contribution in [0.25, 0.3) is 11.2 Å². The number of imidazole rings is 1. The van der Waals surface area contributed by atoms with Crippen LogP contribution < -0.4 is 11.2 Å². The Morgan fingerprint density at radius 3 is 2.50 bits per heavy atom. The van der Waals surface area contributed by atoms with Crippen molar-refractivity contribution in [2.75, 3.05) is 0 Å². The smallest absolute Gasteiger partial charge is 0.330 e. The second kappa shape index (κ2) is 9.56. The van der Waals surface area contributed by atoms with Gasteiger partial charge in [0.25, 0.3) is 5.56 Å². The minimum absolute atomic E-state index is 0.0634. The lowest BCUT2D eigenvalue weighted by Gasteiger charge is -2.14. The molecule has 1 aromatic carbocycles. The van der Waals surface area contributed by atoms with Crippen LogP contribution in [0.2, 0.25) is 0 Å². The van der Waals surface area contributed by atoms with Crippen molar-refractivity contribution in [3.05, 3.63) is 62.6 Å². The number of nitrogens with zero attached hydrogens (tertiary/aromatic N) is 3. The standard InChI is InChI=1S/C22H28N4O4/c1-4-7-13-26-19-18(20(27)24-22(26)29)25(6-3)17(23-19)14-30-21(28)16(5-2)15-11-9-8-10-12-15/h8-12,16H,4-7,13-14H2,1-3H3,(H,24,27,29). The SMILES string of the molecule is CCCCn1c(=O)[nH]c(=O)c2c1nc(COC(=O)C(CC)c1ccccc1)n2CC. The number of nitrogens with one attached hydrogen (secondary N) is 1. The van der Waals surface area contributed by atoms with Crippen molar-refractivity contribution < 1.29 is 9.53 Å². The Morgan fingerprint density at radius 2 is 1.87 bits per heavy atom. The number of esters is 1. The number of unbranched alkanes of at least 4 members (excludes halogenated alkanes) is 1. The second-order valence-corrected chi connectivity index (χ2v) is 7.19. The molecule has 8 nitrogen and oxygen atoms in total. The highest BCUT2D eigenvalue weighted by Crippen LogP contribution is 2.22. The quantitative estimate of drug-likeness (QED) is 0.545. The number of H-pyrrole nitrogens is 1. The van der Waals surface area contributed by atoms with Crippen molar-refractivity contribution >= 4 is 17.1 Å². The van der Waals surface area contributed by atoms with E-state index < -0.39 is 11.2 Å². The Balaban J connectivity index is 1.92. The lowest BCUT2D eigenvalue weighted by atomic mass is 9.97. The number of aryl methyl sites for hydroxylation is 2. The average Bonchev–Trinajstić information content (AvgIpc) is 3.12. The molecule has 0 aliphatic carbocycles. The third-order valence-corrected chi connectivity index (χ3v) is 5.25. The summed E-state index contributed by atoms with van der Waals surface area (Å²) in [6, 6.07) is 9.50. The van der Waals surface area contributed by atoms with Crippen LogP contribution in [-0.2, 0) is 29.2 Å². The molecule has 3 rings (SSSR count). The molecule has 1 atom stereocenters. The monoisotopic (exact) mass is 412 g/mol. The number of ether oxygens (including phenoxy) is 1. The number of aromatic nitrogens is 4. The molecule has 0 spiro atoms. The van der Waals surface area contributed by atoms with Gasteiger partial charge in [0.15, 0.2) is 11.2 Å². The molecule has 2 heterocycles. The molecule has 0 amide bonds. The highest BCUT2D eigenvalue weighted by atomic mass is 16.5. The second-order valence-electron chi connectivity index (χ2n) is 7.19. The largest absolute Gasteiger partial charge is 0.457 e. The van der Waals surface area contributed by atoms with E-state index in [1.54, 1.807) is 4.57 Å². The van der Waals surface area contributed by atoms with Gasteiger partial charge in [-0.1, -0.05) is 50.6 Å². The highest BCUT2D eigenvalue weighted by molar-refractivity contribution is 5.78. The summed E-state index contributed by atoms with van der Waals surface area (Å²) in [5.41, 5.74) is 0.610. The third kappa shape index (κ3) is 4.22. The predicted octanol–water partition coefficient (Wildman–Crippen LogP) is 2.94. The van der Waals surface area contributed by atoms with E-state index in [2.05, 4.69) is 9.97 Å². The molecule has 0 bridgehead atoms. The van der Waals surface area contributed by atoms with Gasteiger partial charge in [-0.2, -0.15) is 0 Å². The first-order chi connectivity index (χ1) is 14.5. The number of fused-ring (bicyclic) bond motifs is 1. The average molecular weight is 412 g/mol. The summed E-state index contributed by atoms with van der Waals surface area (Å²) in [5.74, 6) is -0.252. The van der Waals surface area contributed by atoms with Gasteiger partial charge < -0.3 is 9.30 Å². The number of hydrogen-bond acceptors (Lipinski definition) is 5. The lowest BCUT2D eigenvalue weighted by Crippen LogP contribution is -2.31. The van der Waals surface area contributed by atoms with Crippen molar-refractivity contribution in [3.8, 4) is 0 Å². The Hall–Kier alpha value is -3.16. The van der Waals surface area contributed by atoms with Crippen molar-refractivity contribution in [2.45, 2.75) is 65.6 Å². The first-order valence-electron chi connectivity index (χ1n) is 10.5. The van der Waals surface area contributed by atoms with Crippen molar-refractivity contribution in [2.24, 2.45) is 0 Å². The van der Waals surface area contributed by atoms with Gasteiger partial charge in [-0.25, -0.2) is 9.78 Å². The molecule has 2 aromatic heterocycles. The number of hydrogen-bond donors (Lipinski definition) is 1. The van der Waals surface area contributed by atoms with Gasteiger partial charge in [-0.05, 0) is 25.3 Å². The van der Waals surface area contributed by atoms with Crippen molar-refractivity contribution in [1.82, 2.24) is 19.1 Å². The summed E-state index contributed by atoms with van der Waals surface area (Å²) in [5, 5.41) is 0. The zero-order valence-corrected chi connectivity index (χ0v) is 17.7. The van der Waals surface area contributed by atoms with Gasteiger partial charge in [0, 0.05) is 13.1 Å². The van der Waals surface area contributed by atoms with Crippen molar-refractivity contribution in [3.63, 3.8) is 0 Å². The van der Waals surface area contributed by atoms with Gasteiger partial charge in [0.05, 0.1) is 5.92 Å². The minimum Gasteiger partial charge on any atom is -0.457 e. The van der Waals surface area contributed by atoms with E-state index in [-0.39, 0.29) is 18.5 Å². The number of rotatable bonds is 9. The maximum atomic E-state index is 12.7. The van der Waals surface area contributed by atoms with E-state index >= 15 is 0 Å². The van der Waals surface area contributed by atoms with Gasteiger partial charge in [0.2, 0.25) is 0 Å². The Bertz CT molecular complexity index is 1130. The zero-order valence-electron chi connectivity index (χ0n) is 17.7. The molecule has 1 N–H and O–H groups in total. The van der Waals surface area contributed by atoms with Crippen LogP contribution >= 0.6 is 0 Å². The summed E-state index contributed by atoms with van der Waals surface area (Å²) in [7, 11) is 0. The van der Waals surface area contributed by atoms with Gasteiger partial charge >= 0.3 is 11.7 Å². The van der Waals surface area contributed by atoms with Crippen LogP contribution in [0.4, 0.5) is 0 Å². The number of carbonyl (C=O) groups is 1. The summed E-state index contributed by atoms with van der Waals surface area (Å²) < 4.78 is 8.76. The van der Waals surface area contributed by atoms with E-state index in [0.29, 0.717) is 36.5 Å². The Morgan fingerprint density at radius 1 is 1.13 bits per heavy atom. The third-order valence-electron chi connectivity index (χ3n) is 5.25. The van der Waals surface area contributed by atoms with Gasteiger partial charge in [0.1, 0.15) is 12.4 Å². The number of carbonyl (C=O) groups excluding carboxylic acids is 1. The highest BCUT2D eigenvalue weighted by Gasteiger charge is 2.22. The van der Waals surface area contributed by atoms with Crippen LogP contribution in [0.5, 0.6) is 0 Å². The molecular formula is C22H28N4O4. The predicted molar refractivity (Wildman–Crippen MR) is 114 cm³/mol. The lowest BCUT2D eigenvalue weighted by molar-refractivity contribution is -0.147. The molecule has 0 aliphatic rings. The fraction of sp³-hybridized carbons (Fsp3) is 0.455. The molecule has 0 fully saturated rings. The maximum absolute atomic E-state index is 12.7. The Labute approximate surface area is 174 Å². The summed E-state index contributed by atoms with van der Waals surface area (Å²) in [6.45, 7) is 6.72. The molecule has 0 aliphatic heterocycles. The van der Waals surface area contributed by atoms with Crippen molar-refractivity contribution in [1.29, 1.82) is 0 Å². The fourth-order valence-corrected chi connectivity index (χ4v) is 3.65. The van der Waals surface area contributed by atoms with E-state index in [1.165, 1.54) is 4.57 Å². The summed E-state index contributed by atoms with van der Waals surface area (Å²) in [6.07, 6.45) is 2.31. The molecule has 8 heteroatoms. The van der Waals surface area contributed by atoms with Crippen LogP contribution in [0.3, 0.4) is 0 Å². The van der Waals surface area contributed by atoms with Gasteiger partial charge in [-0.3, -0.25) is 19.1 Å². The summed E-state index contributed by atoms with van der Waals surface area (Å²) in [4.78, 5) is 44.4. The zero-order chi connectivity index (χ0) is 21.7. The van der Waals surface area contributed by atoms with E-state index in [1.807, 2.05) is 51.1 Å². The Kier molecular flexibility index (Phi) is 6.87. The van der Waals surface area contributed by atoms with Crippen LogP contribution in [0.1, 0.15) is 57.3 Å². The molecule has 1 unspecified atom stereocenters. The van der Waals surface area contributed by atoms with Crippen LogP contribution in [0.15, 0.2) is 39.9 Å². The summed E-state index contributed by atoms with van der Waals surface area (Å²) >= 11 is 0. The molecule has 0 saturated heterocycles. The first kappa shape index (κ1) is 21.5. The first-order valence-corrected chi connectivity index (χ1v) is 10.5. The van der Waals surface area contributed by atoms with E-state index in [9.17, 15) is 14.4 Å². The fourth-order valence-electron chi connectivity index (χ4n) is 3.65. The molecule has 0 saturated carbocycles. The molecular weight excluding hydrogens is 384 g/mol. The number of aromatic amines is 1. The minimum atomic E-state index is -0.481. The topological polar surface area (TPSA) is 99.0 Å². The molecule has 30 heavy (non-hydrogen) atoms. The van der Waals surface area contributed by atoms with E-state index in [4.69, 9.17) is 4.74 Å². The molecule has 0 radical (unpaired) electrons. The molecule has 160 valence electrons. The van der Waals surface area contributed by atoms with E-state index in [0.717, 1.165) is 18.4 Å².